The van der Waals surface area contributed by atoms with Crippen molar-refractivity contribution >= 4 is 86.7 Å². The summed E-state index contributed by atoms with van der Waals surface area (Å²) in [6.07, 6.45) is 1.71. The summed E-state index contributed by atoms with van der Waals surface area (Å²) in [7, 11) is 1.46. The molecule has 1 saturated heterocycles. The minimum absolute atomic E-state index is 0.188. The zero-order valence-corrected chi connectivity index (χ0v) is 25.1. The molecule has 0 spiro atoms. The number of aliphatic imine (C=N–C) groups is 1. The van der Waals surface area contributed by atoms with Crippen LogP contribution in [0.4, 0.5) is 17.1 Å². The van der Waals surface area contributed by atoms with Crippen molar-refractivity contribution in [3.63, 3.8) is 0 Å². The zero-order valence-electron chi connectivity index (χ0n) is 22.0. The van der Waals surface area contributed by atoms with E-state index in [0.29, 0.717) is 42.8 Å². The Morgan fingerprint density at radius 3 is 2.33 bits per heavy atom. The molecule has 0 aliphatic carbocycles. The first-order chi connectivity index (χ1) is 20.3. The molecule has 11 heteroatoms. The van der Waals surface area contributed by atoms with Crippen LogP contribution < -0.4 is 19.7 Å². The van der Waals surface area contributed by atoms with Crippen molar-refractivity contribution in [2.24, 2.45) is 4.99 Å². The van der Waals surface area contributed by atoms with Crippen molar-refractivity contribution < 1.29 is 19.1 Å². The second-order valence-electron chi connectivity index (χ2n) is 8.82. The third-order valence-electron chi connectivity index (χ3n) is 5.90. The largest absolute Gasteiger partial charge is 0.493 e. The number of anilines is 2. The Hall–Kier alpha value is -3.95. The molecule has 2 amide bonds. The van der Waals surface area contributed by atoms with E-state index in [4.69, 9.17) is 49.3 Å². The highest BCUT2D eigenvalue weighted by Gasteiger charge is 2.34. The highest BCUT2D eigenvalue weighted by atomic mass is 35.5. The maximum absolute atomic E-state index is 13.6. The summed E-state index contributed by atoms with van der Waals surface area (Å²) < 4.78 is 11.2. The Labute approximate surface area is 261 Å². The Morgan fingerprint density at radius 1 is 0.929 bits per heavy atom. The van der Waals surface area contributed by atoms with Crippen LogP contribution in [-0.2, 0) is 9.59 Å². The Bertz CT molecular complexity index is 1700. The van der Waals surface area contributed by atoms with Gasteiger partial charge in [-0.05, 0) is 78.0 Å². The van der Waals surface area contributed by atoms with Crippen molar-refractivity contribution in [3.8, 4) is 11.5 Å². The minimum Gasteiger partial charge on any atom is -0.493 e. The Kier molecular flexibility index (Phi) is 9.39. The van der Waals surface area contributed by atoms with Gasteiger partial charge >= 0.3 is 0 Å². The van der Waals surface area contributed by atoms with Crippen LogP contribution in [0, 0.1) is 0 Å². The quantitative estimate of drug-likeness (QED) is 0.196. The summed E-state index contributed by atoms with van der Waals surface area (Å²) in [4.78, 5) is 32.8. The number of hydrogen-bond acceptors (Lipinski definition) is 6. The topological polar surface area (TPSA) is 80.2 Å². The van der Waals surface area contributed by atoms with Gasteiger partial charge in [-0.15, -0.1) is 0 Å². The Morgan fingerprint density at radius 2 is 1.64 bits per heavy atom. The number of methoxy groups -OCH3 is 1. The van der Waals surface area contributed by atoms with Gasteiger partial charge in [-0.3, -0.25) is 14.5 Å². The molecule has 1 aliphatic heterocycles. The number of para-hydroxylation sites is 2. The summed E-state index contributed by atoms with van der Waals surface area (Å²) in [5.41, 5.74) is 2.50. The fourth-order valence-electron chi connectivity index (χ4n) is 3.99. The van der Waals surface area contributed by atoms with Crippen LogP contribution in [0.1, 0.15) is 5.56 Å². The first-order valence-corrected chi connectivity index (χ1v) is 14.5. The van der Waals surface area contributed by atoms with Gasteiger partial charge in [0.2, 0.25) is 0 Å². The van der Waals surface area contributed by atoms with Crippen molar-refractivity contribution in [1.29, 1.82) is 0 Å². The number of carbonyl (C=O) groups excluding carboxylic acids is 2. The summed E-state index contributed by atoms with van der Waals surface area (Å²) in [6.45, 7) is -0.337. The van der Waals surface area contributed by atoms with Crippen LogP contribution in [0.25, 0.3) is 6.08 Å². The monoisotopic (exact) mass is 637 g/mol. The maximum Gasteiger partial charge on any atom is 0.271 e. The summed E-state index contributed by atoms with van der Waals surface area (Å²) in [5.74, 6) is -0.175. The molecule has 4 aromatic rings. The first kappa shape index (κ1) is 29.5. The number of thioether (sulfide) groups is 1. The molecule has 0 bridgehead atoms. The van der Waals surface area contributed by atoms with Crippen LogP contribution in [0.3, 0.4) is 0 Å². The fraction of sp³-hybridized carbons (Fsp3) is 0.0645. The molecule has 42 heavy (non-hydrogen) atoms. The zero-order chi connectivity index (χ0) is 29.6. The van der Waals surface area contributed by atoms with E-state index >= 15 is 0 Å². The van der Waals surface area contributed by atoms with E-state index in [-0.39, 0.29) is 23.3 Å². The van der Waals surface area contributed by atoms with Crippen molar-refractivity contribution in [2.45, 2.75) is 0 Å². The number of benzene rings is 4. The van der Waals surface area contributed by atoms with Crippen LogP contribution in [0.15, 0.2) is 101 Å². The van der Waals surface area contributed by atoms with Crippen LogP contribution in [-0.4, -0.2) is 30.7 Å². The molecule has 0 saturated carbocycles. The number of amidine groups is 1. The van der Waals surface area contributed by atoms with Gasteiger partial charge in [-0.1, -0.05) is 71.2 Å². The lowest BCUT2D eigenvalue weighted by Gasteiger charge is -2.15. The maximum atomic E-state index is 13.6. The third-order valence-corrected chi connectivity index (χ3v) is 7.89. The first-order valence-electron chi connectivity index (χ1n) is 12.5. The van der Waals surface area contributed by atoms with E-state index in [2.05, 4.69) is 5.32 Å². The summed E-state index contributed by atoms with van der Waals surface area (Å²) >= 11 is 19.7. The van der Waals surface area contributed by atoms with Gasteiger partial charge in [0.05, 0.1) is 38.5 Å². The lowest BCUT2D eigenvalue weighted by Crippen LogP contribution is -2.28. The lowest BCUT2D eigenvalue weighted by molar-refractivity contribution is -0.118. The summed E-state index contributed by atoms with van der Waals surface area (Å²) in [5, 5.41) is 4.10. The number of rotatable bonds is 8. The molecular formula is C31H22Cl3N3O4S. The van der Waals surface area contributed by atoms with Crippen LogP contribution >= 0.6 is 46.6 Å². The molecule has 0 unspecified atom stereocenters. The second kappa shape index (κ2) is 13.4. The van der Waals surface area contributed by atoms with Crippen molar-refractivity contribution in [1.82, 2.24) is 0 Å². The molecule has 1 fully saturated rings. The predicted molar refractivity (Wildman–Crippen MR) is 172 cm³/mol. The number of hydrogen-bond donors (Lipinski definition) is 1. The number of ether oxygens (including phenoxy) is 2. The number of amides is 2. The van der Waals surface area contributed by atoms with Gasteiger partial charge in [0.25, 0.3) is 11.8 Å². The highest BCUT2D eigenvalue weighted by Crippen LogP contribution is 2.40. The predicted octanol–water partition coefficient (Wildman–Crippen LogP) is 8.48. The van der Waals surface area contributed by atoms with E-state index < -0.39 is 5.91 Å². The average Bonchev–Trinajstić information content (AvgIpc) is 3.28. The van der Waals surface area contributed by atoms with E-state index in [1.54, 1.807) is 35.2 Å². The molecule has 0 atom stereocenters. The molecule has 1 N–H and O–H groups in total. The van der Waals surface area contributed by atoms with E-state index in [0.717, 1.165) is 5.69 Å². The van der Waals surface area contributed by atoms with Gasteiger partial charge in [-0.2, -0.15) is 0 Å². The van der Waals surface area contributed by atoms with Gasteiger partial charge in [0.1, 0.15) is 0 Å². The molecule has 7 nitrogen and oxygen atoms in total. The SMILES string of the molecule is COc1cc(/C=C2/SC(=Nc3ccccc3)N(c3ccccc3)C2=O)cc(Cl)c1OCC(=O)Nc1ccc(Cl)c(Cl)c1. The van der Waals surface area contributed by atoms with Gasteiger partial charge in [0, 0.05) is 5.69 Å². The van der Waals surface area contributed by atoms with E-state index in [9.17, 15) is 9.59 Å². The third kappa shape index (κ3) is 6.91. The smallest absolute Gasteiger partial charge is 0.271 e. The second-order valence-corrected chi connectivity index (χ2v) is 11.0. The molecule has 0 aromatic heterocycles. The van der Waals surface area contributed by atoms with Crippen LogP contribution in [0.5, 0.6) is 11.5 Å². The molecule has 4 aromatic carbocycles. The average molecular weight is 639 g/mol. The number of nitrogens with one attached hydrogen (secondary N) is 1. The van der Waals surface area contributed by atoms with Gasteiger partial charge in [0.15, 0.2) is 23.3 Å². The lowest BCUT2D eigenvalue weighted by atomic mass is 10.1. The van der Waals surface area contributed by atoms with Gasteiger partial charge in [-0.25, -0.2) is 4.99 Å². The van der Waals surface area contributed by atoms with Crippen LogP contribution in [0.2, 0.25) is 15.1 Å². The van der Waals surface area contributed by atoms with Crippen molar-refractivity contribution in [3.05, 3.63) is 117 Å². The molecule has 5 rings (SSSR count). The molecule has 212 valence electrons. The standard InChI is InChI=1S/C31H22Cl3N3O4S/c1-40-26-15-19(14-25(34)29(26)41-18-28(38)35-21-12-13-23(32)24(33)17-21)16-27-30(39)37(22-10-6-3-7-11-22)31(42-27)36-20-8-4-2-5-9-20/h2-17H,18H2,1H3,(H,35,38)/b27-16+,36-31?. The molecule has 0 radical (unpaired) electrons. The highest BCUT2D eigenvalue weighted by molar-refractivity contribution is 8.19. The van der Waals surface area contributed by atoms with Crippen molar-refractivity contribution in [2.75, 3.05) is 23.9 Å². The van der Waals surface area contributed by atoms with Gasteiger partial charge < -0.3 is 14.8 Å². The fourth-order valence-corrected chi connectivity index (χ4v) is 5.56. The molecule has 1 aliphatic rings. The van der Waals surface area contributed by atoms with E-state index in [1.165, 1.54) is 24.9 Å². The molecular weight excluding hydrogens is 617 g/mol. The number of nitrogens with zero attached hydrogens (tertiary/aromatic N) is 2. The summed E-state index contributed by atoms with van der Waals surface area (Å²) in [6, 6.07) is 26.8. The number of carbonyl (C=O) groups is 2. The minimum atomic E-state index is -0.433. The normalized spacial score (nSPS) is 14.9. The van der Waals surface area contributed by atoms with E-state index in [1.807, 2.05) is 60.7 Å². The molecule has 1 heterocycles. The number of halogens is 3. The Balaban J connectivity index is 1.38.